The van der Waals surface area contributed by atoms with Gasteiger partial charge in [-0.3, -0.25) is 20.4 Å². The first-order valence-electron chi connectivity index (χ1n) is 7.68. The summed E-state index contributed by atoms with van der Waals surface area (Å²) in [5, 5.41) is 0. The van der Waals surface area contributed by atoms with E-state index in [-0.39, 0.29) is 5.82 Å². The molecule has 26 heavy (non-hydrogen) atoms. The monoisotopic (exact) mass is 370 g/mol. The van der Waals surface area contributed by atoms with Gasteiger partial charge in [0.2, 0.25) is 0 Å². The number of ether oxygens (including phenoxy) is 1. The molecule has 1 aromatic heterocycles. The molecular formula is C19H15FN2O3S. The molecule has 2 N–H and O–H groups in total. The van der Waals surface area contributed by atoms with Crippen molar-refractivity contribution in [3.05, 3.63) is 76.9 Å². The van der Waals surface area contributed by atoms with Crippen LogP contribution in [0.5, 0.6) is 5.75 Å². The first kappa shape index (κ1) is 17.6. The Balaban J connectivity index is 1.65. The van der Waals surface area contributed by atoms with E-state index < -0.39 is 11.8 Å². The normalized spacial score (nSPS) is 10.2. The first-order valence-corrected chi connectivity index (χ1v) is 8.49. The Morgan fingerprint density at radius 3 is 2.35 bits per heavy atom. The van der Waals surface area contributed by atoms with Gasteiger partial charge in [0.05, 0.1) is 17.6 Å². The molecule has 7 heteroatoms. The summed E-state index contributed by atoms with van der Waals surface area (Å²) in [6.07, 6.45) is 0. The Kier molecular flexibility index (Phi) is 5.28. The fraction of sp³-hybridized carbons (Fsp3) is 0.0526. The topological polar surface area (TPSA) is 67.4 Å². The summed E-state index contributed by atoms with van der Waals surface area (Å²) >= 11 is 1.24. The van der Waals surface area contributed by atoms with Crippen molar-refractivity contribution >= 4 is 23.2 Å². The van der Waals surface area contributed by atoms with Crippen LogP contribution in [-0.2, 0) is 0 Å². The number of methoxy groups -OCH3 is 1. The van der Waals surface area contributed by atoms with E-state index in [0.717, 1.165) is 10.4 Å². The van der Waals surface area contributed by atoms with Crippen LogP contribution in [0.2, 0.25) is 0 Å². The SMILES string of the molecule is COc1ccccc1C(=O)NNC(=O)c1ccc(-c2ccc(F)cc2)s1. The van der Waals surface area contributed by atoms with E-state index in [1.54, 1.807) is 48.5 Å². The molecule has 2 aromatic carbocycles. The van der Waals surface area contributed by atoms with E-state index >= 15 is 0 Å². The number of rotatable bonds is 4. The number of para-hydroxylation sites is 1. The van der Waals surface area contributed by atoms with Gasteiger partial charge in [-0.2, -0.15) is 0 Å². The third-order valence-corrected chi connectivity index (χ3v) is 4.73. The number of halogens is 1. The van der Waals surface area contributed by atoms with Crippen LogP contribution < -0.4 is 15.6 Å². The van der Waals surface area contributed by atoms with Crippen molar-refractivity contribution in [2.45, 2.75) is 0 Å². The zero-order valence-electron chi connectivity index (χ0n) is 13.8. The van der Waals surface area contributed by atoms with Crippen molar-refractivity contribution < 1.29 is 18.7 Å². The lowest BCUT2D eigenvalue weighted by molar-refractivity contribution is 0.0847. The lowest BCUT2D eigenvalue weighted by Gasteiger charge is -2.09. The van der Waals surface area contributed by atoms with Gasteiger partial charge in [-0.1, -0.05) is 24.3 Å². The highest BCUT2D eigenvalue weighted by Crippen LogP contribution is 2.28. The molecule has 0 unspecified atom stereocenters. The molecule has 132 valence electrons. The summed E-state index contributed by atoms with van der Waals surface area (Å²) in [5.41, 5.74) is 5.87. The highest BCUT2D eigenvalue weighted by molar-refractivity contribution is 7.17. The summed E-state index contributed by atoms with van der Waals surface area (Å²) in [6, 6.07) is 16.1. The molecule has 3 aromatic rings. The number of thiophene rings is 1. The molecule has 0 bridgehead atoms. The molecule has 0 aliphatic carbocycles. The van der Waals surface area contributed by atoms with E-state index in [0.29, 0.717) is 16.2 Å². The van der Waals surface area contributed by atoms with Gasteiger partial charge >= 0.3 is 0 Å². The fourth-order valence-electron chi connectivity index (χ4n) is 2.30. The second-order valence-corrected chi connectivity index (χ2v) is 6.36. The van der Waals surface area contributed by atoms with E-state index in [1.165, 1.54) is 30.6 Å². The van der Waals surface area contributed by atoms with Crippen molar-refractivity contribution in [2.24, 2.45) is 0 Å². The molecular weight excluding hydrogens is 355 g/mol. The van der Waals surface area contributed by atoms with Gasteiger partial charge in [0.1, 0.15) is 11.6 Å². The minimum absolute atomic E-state index is 0.313. The Morgan fingerprint density at radius 1 is 0.923 bits per heavy atom. The molecule has 0 spiro atoms. The van der Waals surface area contributed by atoms with Crippen LogP contribution >= 0.6 is 11.3 Å². The predicted molar refractivity (Wildman–Crippen MR) is 97.6 cm³/mol. The predicted octanol–water partition coefficient (Wildman–Crippen LogP) is 3.64. The molecule has 0 fully saturated rings. The molecule has 3 rings (SSSR count). The molecule has 0 atom stereocenters. The van der Waals surface area contributed by atoms with Crippen LogP contribution in [0, 0.1) is 5.82 Å². The van der Waals surface area contributed by atoms with Crippen molar-refractivity contribution in [1.82, 2.24) is 10.9 Å². The molecule has 0 aliphatic heterocycles. The summed E-state index contributed by atoms with van der Waals surface area (Å²) in [4.78, 5) is 25.7. The number of amides is 2. The van der Waals surface area contributed by atoms with Gasteiger partial charge in [0.25, 0.3) is 11.8 Å². The van der Waals surface area contributed by atoms with E-state index in [1.807, 2.05) is 0 Å². The highest BCUT2D eigenvalue weighted by Gasteiger charge is 2.14. The largest absolute Gasteiger partial charge is 0.496 e. The third kappa shape index (κ3) is 3.89. The number of carbonyl (C=O) groups is 2. The number of hydrogen-bond acceptors (Lipinski definition) is 4. The summed E-state index contributed by atoms with van der Waals surface area (Å²) < 4.78 is 18.1. The van der Waals surface area contributed by atoms with E-state index in [4.69, 9.17) is 4.74 Å². The van der Waals surface area contributed by atoms with Gasteiger partial charge in [-0.25, -0.2) is 4.39 Å². The summed E-state index contributed by atoms with van der Waals surface area (Å²) in [6.45, 7) is 0. The number of carbonyl (C=O) groups excluding carboxylic acids is 2. The number of hydrazine groups is 1. The molecule has 0 aliphatic rings. The van der Waals surface area contributed by atoms with Crippen molar-refractivity contribution in [1.29, 1.82) is 0 Å². The lowest BCUT2D eigenvalue weighted by atomic mass is 10.2. The molecule has 5 nitrogen and oxygen atoms in total. The smallest absolute Gasteiger partial charge is 0.279 e. The maximum Gasteiger partial charge on any atom is 0.279 e. The average molecular weight is 370 g/mol. The minimum atomic E-state index is -0.480. The van der Waals surface area contributed by atoms with Crippen LogP contribution in [-0.4, -0.2) is 18.9 Å². The van der Waals surface area contributed by atoms with E-state index in [9.17, 15) is 14.0 Å². The minimum Gasteiger partial charge on any atom is -0.496 e. The lowest BCUT2D eigenvalue weighted by Crippen LogP contribution is -2.41. The second kappa shape index (κ2) is 7.79. The van der Waals surface area contributed by atoms with Gasteiger partial charge < -0.3 is 4.74 Å². The van der Waals surface area contributed by atoms with Crippen LogP contribution in [0.4, 0.5) is 4.39 Å². The van der Waals surface area contributed by atoms with Crippen molar-refractivity contribution in [2.75, 3.05) is 7.11 Å². The second-order valence-electron chi connectivity index (χ2n) is 5.28. The summed E-state index contributed by atoms with van der Waals surface area (Å²) in [5.74, 6) is -0.825. The van der Waals surface area contributed by atoms with Crippen LogP contribution in [0.15, 0.2) is 60.7 Å². The summed E-state index contributed by atoms with van der Waals surface area (Å²) in [7, 11) is 1.47. The van der Waals surface area contributed by atoms with Crippen molar-refractivity contribution in [3.63, 3.8) is 0 Å². The average Bonchev–Trinajstić information content (AvgIpc) is 3.16. The fourth-order valence-corrected chi connectivity index (χ4v) is 3.21. The maximum atomic E-state index is 13.0. The molecule has 2 amide bonds. The van der Waals surface area contributed by atoms with Gasteiger partial charge in [0, 0.05) is 4.88 Å². The zero-order chi connectivity index (χ0) is 18.5. The highest BCUT2D eigenvalue weighted by atomic mass is 32.1. The maximum absolute atomic E-state index is 13.0. The Morgan fingerprint density at radius 2 is 1.62 bits per heavy atom. The van der Waals surface area contributed by atoms with E-state index in [2.05, 4.69) is 10.9 Å². The Hall–Kier alpha value is -3.19. The Labute approximate surface area is 153 Å². The molecule has 0 saturated carbocycles. The third-order valence-electron chi connectivity index (χ3n) is 3.60. The zero-order valence-corrected chi connectivity index (χ0v) is 14.6. The molecule has 0 radical (unpaired) electrons. The van der Waals surface area contributed by atoms with Crippen molar-refractivity contribution in [3.8, 4) is 16.2 Å². The number of benzene rings is 2. The van der Waals surface area contributed by atoms with Crippen LogP contribution in [0.25, 0.3) is 10.4 Å². The van der Waals surface area contributed by atoms with Gasteiger partial charge in [-0.15, -0.1) is 11.3 Å². The van der Waals surface area contributed by atoms with Gasteiger partial charge in [-0.05, 0) is 42.0 Å². The van der Waals surface area contributed by atoms with Crippen LogP contribution in [0.1, 0.15) is 20.0 Å². The number of hydrogen-bond donors (Lipinski definition) is 2. The first-order chi connectivity index (χ1) is 12.6. The Bertz CT molecular complexity index is 938. The molecule has 1 heterocycles. The standard InChI is InChI=1S/C19H15FN2O3S/c1-25-15-5-3-2-4-14(15)18(23)21-22-19(24)17-11-10-16(26-17)12-6-8-13(20)9-7-12/h2-11H,1H3,(H,21,23)(H,22,24). The van der Waals surface area contributed by atoms with Gasteiger partial charge in [0.15, 0.2) is 0 Å². The quantitative estimate of drug-likeness (QED) is 0.689. The number of nitrogens with one attached hydrogen (secondary N) is 2. The molecule has 0 saturated heterocycles. The van der Waals surface area contributed by atoms with Crippen LogP contribution in [0.3, 0.4) is 0 Å².